The molecule has 0 aliphatic heterocycles. The lowest BCUT2D eigenvalue weighted by atomic mass is 9.99. The number of allylic oxidation sites excluding steroid dienone is 1. The van der Waals surface area contributed by atoms with Crippen LogP contribution in [0.15, 0.2) is 24.3 Å². The van der Waals surface area contributed by atoms with E-state index >= 15 is 0 Å². The highest BCUT2D eigenvalue weighted by Crippen LogP contribution is 2.12. The third kappa shape index (κ3) is 0.752. The summed E-state index contributed by atoms with van der Waals surface area (Å²) in [6.45, 7) is 0. The van der Waals surface area contributed by atoms with E-state index in [-0.39, 0.29) is 0 Å². The second-order valence-electron chi connectivity index (χ2n) is 3.40. The van der Waals surface area contributed by atoms with Gasteiger partial charge in [-0.25, -0.2) is 0 Å². The highest BCUT2D eigenvalue weighted by Gasteiger charge is 2.22. The first-order valence-corrected chi connectivity index (χ1v) is 4.39. The summed E-state index contributed by atoms with van der Waals surface area (Å²) >= 11 is 0. The molecule has 1 aromatic rings. The maximum atomic E-state index is 11.5. The van der Waals surface area contributed by atoms with Crippen LogP contribution in [0.1, 0.15) is 5.56 Å². The molecule has 0 saturated carbocycles. The lowest BCUT2D eigenvalue weighted by molar-refractivity contribution is -0.129. The molecular formula is C12H6O2. The smallest absolute Gasteiger partial charge is 0.233 e. The van der Waals surface area contributed by atoms with Gasteiger partial charge in [-0.2, -0.15) is 0 Å². The van der Waals surface area contributed by atoms with Gasteiger partial charge in [-0.3, -0.25) is 9.59 Å². The Morgan fingerprint density at radius 3 is 2.71 bits per heavy atom. The molecule has 0 unspecified atom stereocenters. The predicted octanol–water partition coefficient (Wildman–Crippen LogP) is -0.204. The van der Waals surface area contributed by atoms with Crippen molar-refractivity contribution < 1.29 is 9.59 Å². The molecule has 0 bridgehead atoms. The predicted molar refractivity (Wildman–Crippen MR) is 52.6 cm³/mol. The third-order valence-electron chi connectivity index (χ3n) is 2.58. The number of benzene rings is 1. The molecule has 2 aliphatic rings. The fourth-order valence-electron chi connectivity index (χ4n) is 1.94. The van der Waals surface area contributed by atoms with Gasteiger partial charge in [0.25, 0.3) is 0 Å². The second-order valence-corrected chi connectivity index (χ2v) is 3.40. The molecule has 0 fully saturated rings. The van der Waals surface area contributed by atoms with E-state index in [1.165, 1.54) is 6.08 Å². The molecule has 2 nitrogen and oxygen atoms in total. The molecule has 0 spiro atoms. The number of carbonyl (C=O) groups excluding carboxylic acids is 2. The van der Waals surface area contributed by atoms with Gasteiger partial charge in [0.15, 0.2) is 0 Å². The molecule has 14 heavy (non-hydrogen) atoms. The Labute approximate surface area is 79.9 Å². The fourth-order valence-corrected chi connectivity index (χ4v) is 1.94. The number of ketones is 2. The molecule has 2 heteroatoms. The normalized spacial score (nSPS) is 17.0. The molecule has 0 saturated heterocycles. The van der Waals surface area contributed by atoms with Crippen LogP contribution >= 0.6 is 0 Å². The van der Waals surface area contributed by atoms with Crippen molar-refractivity contribution in [3.63, 3.8) is 0 Å². The van der Waals surface area contributed by atoms with Crippen LogP contribution in [0.2, 0.25) is 0 Å². The Kier molecular flexibility index (Phi) is 1.22. The van der Waals surface area contributed by atoms with Crippen LogP contribution in [-0.4, -0.2) is 11.6 Å². The molecule has 3 rings (SSSR count). The van der Waals surface area contributed by atoms with E-state index in [4.69, 9.17) is 0 Å². The molecular weight excluding hydrogens is 176 g/mol. The van der Waals surface area contributed by atoms with E-state index < -0.39 is 11.6 Å². The standard InChI is InChI=1S/C12H6O2/c13-10-6-8-3-1-2-7-4-5-9(11(7)8)12(10)14/h1-6H. The highest BCUT2D eigenvalue weighted by atomic mass is 16.2. The molecule has 1 aromatic carbocycles. The van der Waals surface area contributed by atoms with Crippen molar-refractivity contribution in [1.82, 2.24) is 0 Å². The molecule has 2 aliphatic carbocycles. The maximum absolute atomic E-state index is 11.5. The Hall–Kier alpha value is -1.96. The van der Waals surface area contributed by atoms with Crippen molar-refractivity contribution in [3.05, 3.63) is 40.3 Å². The van der Waals surface area contributed by atoms with E-state index in [2.05, 4.69) is 0 Å². The van der Waals surface area contributed by atoms with Gasteiger partial charge in [0, 0.05) is 10.8 Å². The minimum Gasteiger partial charge on any atom is -0.286 e. The van der Waals surface area contributed by atoms with Crippen molar-refractivity contribution in [2.75, 3.05) is 0 Å². The van der Waals surface area contributed by atoms with Crippen LogP contribution in [0.25, 0.3) is 17.7 Å². The van der Waals surface area contributed by atoms with E-state index in [1.807, 2.05) is 24.3 Å². The number of hydrogen-bond donors (Lipinski definition) is 0. The monoisotopic (exact) mass is 182 g/mol. The zero-order chi connectivity index (χ0) is 9.71. The van der Waals surface area contributed by atoms with Crippen molar-refractivity contribution in [2.24, 2.45) is 0 Å². The minimum absolute atomic E-state index is 0.390. The molecule has 0 radical (unpaired) electrons. The Balaban J connectivity index is 2.62. The van der Waals surface area contributed by atoms with Gasteiger partial charge in [-0.05, 0) is 22.9 Å². The molecule has 0 N–H and O–H groups in total. The van der Waals surface area contributed by atoms with Crippen LogP contribution in [-0.2, 0) is 9.59 Å². The first kappa shape index (κ1) is 7.44. The van der Waals surface area contributed by atoms with E-state index in [0.29, 0.717) is 5.57 Å². The Morgan fingerprint density at radius 2 is 1.86 bits per heavy atom. The van der Waals surface area contributed by atoms with Crippen LogP contribution in [0.4, 0.5) is 0 Å². The quantitative estimate of drug-likeness (QED) is 0.520. The van der Waals surface area contributed by atoms with Crippen LogP contribution in [0.3, 0.4) is 0 Å². The fraction of sp³-hybridized carbons (Fsp3) is 0. The third-order valence-corrected chi connectivity index (χ3v) is 2.58. The summed E-state index contributed by atoms with van der Waals surface area (Å²) in [5.74, 6) is -0.810. The summed E-state index contributed by atoms with van der Waals surface area (Å²) in [7, 11) is 0. The average Bonchev–Trinajstić information content (AvgIpc) is 2.60. The van der Waals surface area contributed by atoms with Crippen LogP contribution in [0, 0.1) is 0 Å². The Bertz CT molecular complexity index is 618. The lowest BCUT2D eigenvalue weighted by Crippen LogP contribution is -2.36. The zero-order valence-electron chi connectivity index (χ0n) is 7.28. The summed E-state index contributed by atoms with van der Waals surface area (Å²) in [5, 5.41) is 1.77. The van der Waals surface area contributed by atoms with Gasteiger partial charge >= 0.3 is 0 Å². The van der Waals surface area contributed by atoms with E-state index in [0.717, 1.165) is 16.0 Å². The van der Waals surface area contributed by atoms with Crippen molar-refractivity contribution in [3.8, 4) is 0 Å². The largest absolute Gasteiger partial charge is 0.286 e. The molecule has 0 atom stereocenters. The molecule has 0 aromatic heterocycles. The van der Waals surface area contributed by atoms with Gasteiger partial charge in [-0.1, -0.05) is 24.3 Å². The lowest BCUT2D eigenvalue weighted by Gasteiger charge is -2.02. The van der Waals surface area contributed by atoms with Crippen LogP contribution < -0.4 is 10.4 Å². The molecule has 0 amide bonds. The zero-order valence-corrected chi connectivity index (χ0v) is 7.28. The number of rotatable bonds is 0. The van der Waals surface area contributed by atoms with E-state index in [1.54, 1.807) is 6.08 Å². The maximum Gasteiger partial charge on any atom is 0.233 e. The molecule has 66 valence electrons. The van der Waals surface area contributed by atoms with Gasteiger partial charge in [-0.15, -0.1) is 0 Å². The van der Waals surface area contributed by atoms with Gasteiger partial charge in [0.1, 0.15) is 0 Å². The van der Waals surface area contributed by atoms with Gasteiger partial charge in [0.05, 0.1) is 0 Å². The first-order valence-electron chi connectivity index (χ1n) is 4.39. The van der Waals surface area contributed by atoms with Crippen LogP contribution in [0.5, 0.6) is 0 Å². The first-order chi connectivity index (χ1) is 6.77. The number of hydrogen-bond acceptors (Lipinski definition) is 2. The SMILES string of the molecule is O=C1C=c2cccc3c2=C(C=C3)C1=O. The summed E-state index contributed by atoms with van der Waals surface area (Å²) < 4.78 is 0. The topological polar surface area (TPSA) is 34.1 Å². The van der Waals surface area contributed by atoms with Crippen molar-refractivity contribution in [1.29, 1.82) is 0 Å². The van der Waals surface area contributed by atoms with Gasteiger partial charge < -0.3 is 0 Å². The van der Waals surface area contributed by atoms with Gasteiger partial charge in [0.2, 0.25) is 11.6 Å². The number of Topliss-reactive ketones (excluding diaryl/α,β-unsaturated/α-hetero) is 2. The number of carbonyl (C=O) groups is 2. The summed E-state index contributed by atoms with van der Waals surface area (Å²) in [4.78, 5) is 22.8. The summed E-state index contributed by atoms with van der Waals surface area (Å²) in [5.41, 5.74) is 1.57. The molecule has 0 heterocycles. The average molecular weight is 182 g/mol. The highest BCUT2D eigenvalue weighted by molar-refractivity contribution is 6.61. The summed E-state index contributed by atoms with van der Waals surface area (Å²) in [6, 6.07) is 5.69. The van der Waals surface area contributed by atoms with Crippen molar-refractivity contribution in [2.45, 2.75) is 0 Å². The van der Waals surface area contributed by atoms with Crippen molar-refractivity contribution >= 4 is 29.3 Å². The second kappa shape index (κ2) is 2.29. The summed E-state index contributed by atoms with van der Waals surface area (Å²) in [6.07, 6.45) is 5.01. The van der Waals surface area contributed by atoms with E-state index in [9.17, 15) is 9.59 Å². The minimum atomic E-state index is -0.420. The Morgan fingerprint density at radius 1 is 1.00 bits per heavy atom.